The lowest BCUT2D eigenvalue weighted by atomic mass is 10.1. The van der Waals surface area contributed by atoms with Crippen LogP contribution in [0.25, 0.3) is 11.3 Å². The number of aliphatic hydroxyl groups excluding tert-OH is 1. The van der Waals surface area contributed by atoms with E-state index in [0.29, 0.717) is 24.9 Å². The molecular formula is C19H19FN4O. The molecular weight excluding hydrogens is 319 g/mol. The van der Waals surface area contributed by atoms with E-state index in [-0.39, 0.29) is 12.4 Å². The van der Waals surface area contributed by atoms with E-state index in [2.05, 4.69) is 20.6 Å². The van der Waals surface area contributed by atoms with E-state index < -0.39 is 0 Å². The molecule has 0 atom stereocenters. The summed E-state index contributed by atoms with van der Waals surface area (Å²) in [6, 6.07) is 18.0. The van der Waals surface area contributed by atoms with Gasteiger partial charge in [-0.05, 0) is 17.7 Å². The summed E-state index contributed by atoms with van der Waals surface area (Å²) in [6.07, 6.45) is 0. The van der Waals surface area contributed by atoms with Gasteiger partial charge in [-0.25, -0.2) is 9.37 Å². The molecule has 0 spiro atoms. The van der Waals surface area contributed by atoms with Crippen LogP contribution < -0.4 is 10.6 Å². The summed E-state index contributed by atoms with van der Waals surface area (Å²) in [5.41, 5.74) is 2.70. The Morgan fingerprint density at radius 2 is 1.68 bits per heavy atom. The minimum absolute atomic E-state index is 0.00271. The Morgan fingerprint density at radius 3 is 2.40 bits per heavy atom. The van der Waals surface area contributed by atoms with Crippen LogP contribution in [0.3, 0.4) is 0 Å². The predicted octanol–water partition coefficient (Wildman–Crippen LogP) is 3.30. The minimum atomic E-state index is -0.257. The Labute approximate surface area is 145 Å². The number of nitrogens with one attached hydrogen (secondary N) is 2. The molecule has 3 N–H and O–H groups in total. The van der Waals surface area contributed by atoms with Gasteiger partial charge in [-0.15, -0.1) is 0 Å². The normalized spacial score (nSPS) is 10.5. The maximum Gasteiger partial charge on any atom is 0.225 e. The first-order valence-corrected chi connectivity index (χ1v) is 8.02. The number of halogens is 1. The second-order valence-electron chi connectivity index (χ2n) is 5.46. The molecule has 5 nitrogen and oxygen atoms in total. The van der Waals surface area contributed by atoms with Crippen LogP contribution >= 0.6 is 0 Å². The molecule has 0 unspecified atom stereocenters. The van der Waals surface area contributed by atoms with Crippen molar-refractivity contribution in [1.29, 1.82) is 0 Å². The van der Waals surface area contributed by atoms with Gasteiger partial charge in [0, 0.05) is 24.7 Å². The third kappa shape index (κ3) is 4.74. The average molecular weight is 338 g/mol. The molecule has 0 aliphatic heterocycles. The summed E-state index contributed by atoms with van der Waals surface area (Å²) in [7, 11) is 0. The molecule has 128 valence electrons. The van der Waals surface area contributed by atoms with E-state index in [0.717, 1.165) is 16.8 Å². The van der Waals surface area contributed by atoms with Gasteiger partial charge in [0.2, 0.25) is 5.95 Å². The van der Waals surface area contributed by atoms with Crippen LogP contribution in [0, 0.1) is 5.82 Å². The van der Waals surface area contributed by atoms with Gasteiger partial charge in [-0.3, -0.25) is 0 Å². The van der Waals surface area contributed by atoms with Crippen molar-refractivity contribution in [2.45, 2.75) is 6.54 Å². The molecule has 3 aromatic rings. The SMILES string of the molecule is OCCNc1nc(NCc2ccc(F)cc2)cc(-c2ccccc2)n1. The zero-order valence-electron chi connectivity index (χ0n) is 13.6. The number of hydrogen-bond donors (Lipinski definition) is 3. The predicted molar refractivity (Wildman–Crippen MR) is 96.8 cm³/mol. The van der Waals surface area contributed by atoms with Crippen molar-refractivity contribution in [1.82, 2.24) is 9.97 Å². The Balaban J connectivity index is 1.82. The fourth-order valence-electron chi connectivity index (χ4n) is 2.34. The second-order valence-corrected chi connectivity index (χ2v) is 5.46. The molecule has 6 heteroatoms. The summed E-state index contributed by atoms with van der Waals surface area (Å²) in [5.74, 6) is 0.836. The minimum Gasteiger partial charge on any atom is -0.395 e. The van der Waals surface area contributed by atoms with E-state index in [1.807, 2.05) is 36.4 Å². The first-order valence-electron chi connectivity index (χ1n) is 8.02. The second kappa shape index (κ2) is 8.21. The van der Waals surface area contributed by atoms with Gasteiger partial charge in [0.25, 0.3) is 0 Å². The van der Waals surface area contributed by atoms with Crippen LogP contribution in [0.2, 0.25) is 0 Å². The van der Waals surface area contributed by atoms with Gasteiger partial charge in [-0.2, -0.15) is 4.98 Å². The van der Waals surface area contributed by atoms with Crippen molar-refractivity contribution >= 4 is 11.8 Å². The quantitative estimate of drug-likeness (QED) is 0.617. The van der Waals surface area contributed by atoms with Gasteiger partial charge < -0.3 is 15.7 Å². The highest BCUT2D eigenvalue weighted by molar-refractivity contribution is 5.64. The number of hydrogen-bond acceptors (Lipinski definition) is 5. The first-order chi connectivity index (χ1) is 12.2. The summed E-state index contributed by atoms with van der Waals surface area (Å²) < 4.78 is 13.0. The standard InChI is InChI=1S/C19H19FN4O/c20-16-8-6-14(7-9-16)13-22-18-12-17(15-4-2-1-3-5-15)23-19(24-18)21-10-11-25/h1-9,12,25H,10-11,13H2,(H2,21,22,23,24). The molecule has 0 bridgehead atoms. The lowest BCUT2D eigenvalue weighted by molar-refractivity contribution is 0.311. The molecule has 0 saturated heterocycles. The van der Waals surface area contributed by atoms with Crippen molar-refractivity contribution in [3.8, 4) is 11.3 Å². The van der Waals surface area contributed by atoms with Crippen molar-refractivity contribution in [2.75, 3.05) is 23.8 Å². The molecule has 0 radical (unpaired) electrons. The molecule has 1 heterocycles. The number of aliphatic hydroxyl groups is 1. The maximum absolute atomic E-state index is 13.0. The lowest BCUT2D eigenvalue weighted by Gasteiger charge is -2.11. The van der Waals surface area contributed by atoms with Crippen LogP contribution in [-0.2, 0) is 6.54 Å². The molecule has 0 aliphatic carbocycles. The number of anilines is 2. The van der Waals surface area contributed by atoms with Crippen LogP contribution in [0.15, 0.2) is 60.7 Å². The lowest BCUT2D eigenvalue weighted by Crippen LogP contribution is -2.11. The van der Waals surface area contributed by atoms with Crippen LogP contribution in [0.1, 0.15) is 5.56 Å². The van der Waals surface area contributed by atoms with E-state index >= 15 is 0 Å². The molecule has 2 aromatic carbocycles. The van der Waals surface area contributed by atoms with Crippen molar-refractivity contribution in [3.63, 3.8) is 0 Å². The number of benzene rings is 2. The highest BCUT2D eigenvalue weighted by atomic mass is 19.1. The monoisotopic (exact) mass is 338 g/mol. The van der Waals surface area contributed by atoms with Gasteiger partial charge >= 0.3 is 0 Å². The Hall–Kier alpha value is -2.99. The summed E-state index contributed by atoms with van der Waals surface area (Å²) in [5, 5.41) is 15.2. The van der Waals surface area contributed by atoms with E-state index in [1.165, 1.54) is 12.1 Å². The molecule has 1 aromatic heterocycles. The molecule has 0 fully saturated rings. The van der Waals surface area contributed by atoms with Crippen molar-refractivity contribution < 1.29 is 9.50 Å². The third-order valence-corrected chi connectivity index (χ3v) is 3.58. The van der Waals surface area contributed by atoms with Gasteiger partial charge in [0.05, 0.1) is 12.3 Å². The smallest absolute Gasteiger partial charge is 0.225 e. The number of rotatable bonds is 7. The zero-order chi connectivity index (χ0) is 17.5. The largest absolute Gasteiger partial charge is 0.395 e. The Kier molecular flexibility index (Phi) is 5.53. The highest BCUT2D eigenvalue weighted by Crippen LogP contribution is 2.21. The van der Waals surface area contributed by atoms with Gasteiger partial charge in [0.1, 0.15) is 11.6 Å². The molecule has 25 heavy (non-hydrogen) atoms. The van der Waals surface area contributed by atoms with E-state index in [9.17, 15) is 4.39 Å². The van der Waals surface area contributed by atoms with Gasteiger partial charge in [-0.1, -0.05) is 42.5 Å². The van der Waals surface area contributed by atoms with Crippen molar-refractivity contribution in [3.05, 3.63) is 72.0 Å². The van der Waals surface area contributed by atoms with Crippen molar-refractivity contribution in [2.24, 2.45) is 0 Å². The third-order valence-electron chi connectivity index (χ3n) is 3.58. The summed E-state index contributed by atoms with van der Waals surface area (Å²) >= 11 is 0. The highest BCUT2D eigenvalue weighted by Gasteiger charge is 2.07. The Bertz CT molecular complexity index is 809. The zero-order valence-corrected chi connectivity index (χ0v) is 13.6. The Morgan fingerprint density at radius 1 is 0.920 bits per heavy atom. The maximum atomic E-state index is 13.0. The number of nitrogens with zero attached hydrogens (tertiary/aromatic N) is 2. The molecule has 3 rings (SSSR count). The van der Waals surface area contributed by atoms with E-state index in [1.54, 1.807) is 12.1 Å². The summed E-state index contributed by atoms with van der Waals surface area (Å²) in [4.78, 5) is 8.90. The van der Waals surface area contributed by atoms with Crippen LogP contribution in [0.4, 0.5) is 16.2 Å². The average Bonchev–Trinajstić information content (AvgIpc) is 2.66. The van der Waals surface area contributed by atoms with E-state index in [4.69, 9.17) is 5.11 Å². The van der Waals surface area contributed by atoms with Crippen LogP contribution in [-0.4, -0.2) is 28.2 Å². The van der Waals surface area contributed by atoms with Gasteiger partial charge in [0.15, 0.2) is 0 Å². The fraction of sp³-hybridized carbons (Fsp3) is 0.158. The molecule has 0 saturated carbocycles. The fourth-order valence-corrected chi connectivity index (χ4v) is 2.34. The summed E-state index contributed by atoms with van der Waals surface area (Å²) in [6.45, 7) is 0.887. The number of aromatic nitrogens is 2. The first kappa shape index (κ1) is 16.9. The molecule has 0 aliphatic rings. The molecule has 0 amide bonds. The topological polar surface area (TPSA) is 70.1 Å². The van der Waals surface area contributed by atoms with Crippen LogP contribution in [0.5, 0.6) is 0 Å².